The Morgan fingerprint density at radius 3 is 2.33 bits per heavy atom. The van der Waals surface area contributed by atoms with Gasteiger partial charge in [-0.2, -0.15) is 0 Å². The van der Waals surface area contributed by atoms with Crippen LogP contribution in [0.5, 0.6) is 0 Å². The summed E-state index contributed by atoms with van der Waals surface area (Å²) in [4.78, 5) is 22.6. The van der Waals surface area contributed by atoms with Crippen LogP contribution in [0.4, 0.5) is 5.82 Å². The fourth-order valence-electron chi connectivity index (χ4n) is 1.18. The van der Waals surface area contributed by atoms with Crippen molar-refractivity contribution in [2.24, 2.45) is 5.34 Å². The largest absolute Gasteiger partial charge is 0.478 e. The Morgan fingerprint density at radius 1 is 1.53 bits per heavy atom. The van der Waals surface area contributed by atoms with Crippen molar-refractivity contribution in [3.05, 3.63) is 27.8 Å². The molecular weight excluding hydrogens is 202 g/mol. The number of hydrogen-bond donors (Lipinski definition) is 3. The molecule has 0 spiro atoms. The smallest absolute Gasteiger partial charge is 0.337 e. The lowest BCUT2D eigenvalue weighted by molar-refractivity contribution is 0.0695. The number of aromatic carboxylic acids is 1. The standard InChI is InChI=1S/C8H10N2O2.HNO2/c1-4-3-6(9)10-5(2)7(4)8(11)12;2-1-3/h3H,1-2H3,(H2,9,10)(H,11,12);(H,2,3). The molecule has 0 bridgehead atoms. The summed E-state index contributed by atoms with van der Waals surface area (Å²) >= 11 is 0. The van der Waals surface area contributed by atoms with E-state index in [1.165, 1.54) is 5.34 Å². The normalized spacial score (nSPS) is 8.67. The third-order valence-electron chi connectivity index (χ3n) is 1.63. The van der Waals surface area contributed by atoms with Crippen LogP contribution >= 0.6 is 0 Å². The van der Waals surface area contributed by atoms with Crippen LogP contribution in [-0.4, -0.2) is 21.3 Å². The maximum atomic E-state index is 10.7. The van der Waals surface area contributed by atoms with E-state index in [1.807, 2.05) is 0 Å². The molecule has 0 radical (unpaired) electrons. The van der Waals surface area contributed by atoms with Gasteiger partial charge in [0.2, 0.25) is 0 Å². The molecule has 0 amide bonds. The zero-order chi connectivity index (χ0) is 12.0. The van der Waals surface area contributed by atoms with Gasteiger partial charge in [-0.25, -0.2) is 9.78 Å². The van der Waals surface area contributed by atoms with E-state index >= 15 is 0 Å². The summed E-state index contributed by atoms with van der Waals surface area (Å²) in [6.07, 6.45) is 0. The van der Waals surface area contributed by atoms with Crippen molar-refractivity contribution in [3.8, 4) is 0 Å². The number of nitrogens with zero attached hydrogens (tertiary/aromatic N) is 2. The minimum Gasteiger partial charge on any atom is -0.478 e. The maximum absolute atomic E-state index is 10.7. The summed E-state index contributed by atoms with van der Waals surface area (Å²) < 4.78 is 0. The Bertz CT molecular complexity index is 355. The zero-order valence-corrected chi connectivity index (χ0v) is 8.26. The summed E-state index contributed by atoms with van der Waals surface area (Å²) in [6, 6.07) is 1.55. The van der Waals surface area contributed by atoms with Crippen LogP contribution in [0, 0.1) is 18.8 Å². The number of carbonyl (C=O) groups is 1. The lowest BCUT2D eigenvalue weighted by Crippen LogP contribution is -2.06. The van der Waals surface area contributed by atoms with E-state index in [-0.39, 0.29) is 5.56 Å². The van der Waals surface area contributed by atoms with Gasteiger partial charge in [0, 0.05) is 0 Å². The topological polar surface area (TPSA) is 126 Å². The minimum absolute atomic E-state index is 0.240. The average Bonchev–Trinajstić information content (AvgIpc) is 2.01. The number of hydrogen-bond acceptors (Lipinski definition) is 5. The number of carboxylic acid groups (broad SMARTS) is 1. The summed E-state index contributed by atoms with van der Waals surface area (Å²) in [7, 11) is 0. The van der Waals surface area contributed by atoms with Gasteiger partial charge in [-0.1, -0.05) is 0 Å². The zero-order valence-electron chi connectivity index (χ0n) is 8.26. The Balaban J connectivity index is 0.000000583. The van der Waals surface area contributed by atoms with Gasteiger partial charge in [0.25, 0.3) is 0 Å². The first-order valence-electron chi connectivity index (χ1n) is 3.87. The number of nitrogens with two attached hydrogens (primary N) is 1. The van der Waals surface area contributed by atoms with Crippen molar-refractivity contribution >= 4 is 11.8 Å². The molecule has 0 unspecified atom stereocenters. The molecule has 0 aliphatic carbocycles. The molecule has 0 fully saturated rings. The van der Waals surface area contributed by atoms with Gasteiger partial charge in [-0.15, -0.1) is 4.91 Å². The second-order valence-corrected chi connectivity index (χ2v) is 2.71. The molecular formula is C8H11N3O4. The van der Waals surface area contributed by atoms with Crippen molar-refractivity contribution < 1.29 is 15.1 Å². The number of nitrogen functional groups attached to an aromatic ring is 1. The fourth-order valence-corrected chi connectivity index (χ4v) is 1.18. The number of carboxylic acids is 1. The average molecular weight is 213 g/mol. The van der Waals surface area contributed by atoms with Crippen molar-refractivity contribution in [2.45, 2.75) is 13.8 Å². The minimum atomic E-state index is -0.961. The molecule has 0 aliphatic heterocycles. The van der Waals surface area contributed by atoms with E-state index in [9.17, 15) is 4.79 Å². The van der Waals surface area contributed by atoms with Gasteiger partial charge in [0.1, 0.15) is 5.82 Å². The molecule has 1 aromatic heterocycles. The first kappa shape index (κ1) is 12.8. The van der Waals surface area contributed by atoms with E-state index in [1.54, 1.807) is 19.9 Å². The van der Waals surface area contributed by atoms with Gasteiger partial charge < -0.3 is 16.0 Å². The van der Waals surface area contributed by atoms with Crippen molar-refractivity contribution in [1.29, 1.82) is 0 Å². The SMILES string of the molecule is Cc1cc(N)nc(C)c1C(=O)O.O=NO. The molecule has 4 N–H and O–H groups in total. The van der Waals surface area contributed by atoms with Crippen LogP contribution in [0.3, 0.4) is 0 Å². The molecule has 7 heteroatoms. The van der Waals surface area contributed by atoms with Crippen LogP contribution in [0.25, 0.3) is 0 Å². The monoisotopic (exact) mass is 213 g/mol. The Kier molecular flexibility index (Phi) is 4.73. The third kappa shape index (κ3) is 3.59. The van der Waals surface area contributed by atoms with Crippen LogP contribution in [0.1, 0.15) is 21.6 Å². The van der Waals surface area contributed by atoms with Crippen LogP contribution in [0.15, 0.2) is 11.4 Å². The predicted molar refractivity (Wildman–Crippen MR) is 52.7 cm³/mol. The fraction of sp³-hybridized carbons (Fsp3) is 0.250. The Morgan fingerprint density at radius 2 is 2.00 bits per heavy atom. The molecule has 0 saturated heterocycles. The Labute approximate surface area is 85.5 Å². The van der Waals surface area contributed by atoms with Crippen LogP contribution in [0.2, 0.25) is 0 Å². The number of anilines is 1. The van der Waals surface area contributed by atoms with Gasteiger partial charge >= 0.3 is 5.97 Å². The second kappa shape index (κ2) is 5.53. The van der Waals surface area contributed by atoms with Crippen LogP contribution < -0.4 is 5.73 Å². The van der Waals surface area contributed by atoms with Gasteiger partial charge in [0.05, 0.1) is 11.3 Å². The van der Waals surface area contributed by atoms with Crippen molar-refractivity contribution in [3.63, 3.8) is 0 Å². The summed E-state index contributed by atoms with van der Waals surface area (Å²) in [6.45, 7) is 3.33. The number of aryl methyl sites for hydroxylation is 2. The molecule has 0 saturated carbocycles. The third-order valence-corrected chi connectivity index (χ3v) is 1.63. The highest BCUT2D eigenvalue weighted by Crippen LogP contribution is 2.13. The summed E-state index contributed by atoms with van der Waals surface area (Å²) in [5, 5.41) is 16.6. The lowest BCUT2D eigenvalue weighted by Gasteiger charge is -2.04. The molecule has 1 aromatic rings. The number of aromatic nitrogens is 1. The highest BCUT2D eigenvalue weighted by atomic mass is 16.6. The van der Waals surface area contributed by atoms with Gasteiger partial charge in [-0.3, -0.25) is 0 Å². The van der Waals surface area contributed by atoms with Crippen molar-refractivity contribution in [1.82, 2.24) is 4.98 Å². The van der Waals surface area contributed by atoms with E-state index in [0.717, 1.165) is 0 Å². The van der Waals surface area contributed by atoms with Gasteiger partial charge in [-0.05, 0) is 25.5 Å². The first-order valence-corrected chi connectivity index (χ1v) is 3.87. The Hall–Kier alpha value is -2.18. The van der Waals surface area contributed by atoms with E-state index in [2.05, 4.69) is 4.98 Å². The van der Waals surface area contributed by atoms with E-state index < -0.39 is 5.97 Å². The summed E-state index contributed by atoms with van der Waals surface area (Å²) in [5.41, 5.74) is 6.77. The number of rotatable bonds is 1. The molecule has 0 atom stereocenters. The highest BCUT2D eigenvalue weighted by molar-refractivity contribution is 5.90. The maximum Gasteiger partial charge on any atom is 0.337 e. The predicted octanol–water partition coefficient (Wildman–Crippen LogP) is 1.12. The molecule has 15 heavy (non-hydrogen) atoms. The van der Waals surface area contributed by atoms with Crippen molar-refractivity contribution in [2.75, 3.05) is 5.73 Å². The summed E-state index contributed by atoms with van der Waals surface area (Å²) in [5.74, 6) is -0.604. The quantitative estimate of drug-likeness (QED) is 0.474. The molecule has 1 rings (SSSR count). The van der Waals surface area contributed by atoms with E-state index in [4.69, 9.17) is 21.0 Å². The van der Waals surface area contributed by atoms with Gasteiger partial charge in [0.15, 0.2) is 5.34 Å². The second-order valence-electron chi connectivity index (χ2n) is 2.71. The first-order chi connectivity index (χ1) is 6.93. The number of pyridine rings is 1. The molecule has 0 aliphatic rings. The molecule has 1 heterocycles. The molecule has 7 nitrogen and oxygen atoms in total. The lowest BCUT2D eigenvalue weighted by atomic mass is 10.1. The van der Waals surface area contributed by atoms with E-state index in [0.29, 0.717) is 17.1 Å². The molecule has 82 valence electrons. The van der Waals surface area contributed by atoms with Crippen LogP contribution in [-0.2, 0) is 0 Å². The molecule has 0 aromatic carbocycles. The highest BCUT2D eigenvalue weighted by Gasteiger charge is 2.11.